The van der Waals surface area contributed by atoms with Gasteiger partial charge in [-0.05, 0) is 53.9 Å². The van der Waals surface area contributed by atoms with Crippen molar-refractivity contribution in [2.75, 3.05) is 19.0 Å². The van der Waals surface area contributed by atoms with Crippen LogP contribution in [0.1, 0.15) is 11.1 Å². The number of rotatable bonds is 10. The first kappa shape index (κ1) is 22.7. The second-order valence-electron chi connectivity index (χ2n) is 7.77. The van der Waals surface area contributed by atoms with Crippen molar-refractivity contribution in [3.8, 4) is 5.75 Å². The van der Waals surface area contributed by atoms with Gasteiger partial charge < -0.3 is 24.9 Å². The molecule has 0 saturated heterocycles. The molecule has 0 fully saturated rings. The fraction of sp³-hybridized carbons (Fsp3) is 0.240. The predicted molar refractivity (Wildman–Crippen MR) is 122 cm³/mol. The van der Waals surface area contributed by atoms with E-state index >= 15 is 0 Å². The summed E-state index contributed by atoms with van der Waals surface area (Å²) >= 11 is 0. The maximum absolute atomic E-state index is 13.7. The number of halogens is 2. The number of hydrogen-bond acceptors (Lipinski definition) is 6. The van der Waals surface area contributed by atoms with Crippen molar-refractivity contribution < 1.29 is 23.0 Å². The molecular formula is C25H25F2N3O3. The molecule has 1 aromatic heterocycles. The van der Waals surface area contributed by atoms with Gasteiger partial charge in [-0.2, -0.15) is 4.98 Å². The van der Waals surface area contributed by atoms with Crippen molar-refractivity contribution in [3.63, 3.8) is 0 Å². The van der Waals surface area contributed by atoms with Crippen LogP contribution in [0.4, 0.5) is 14.8 Å². The Morgan fingerprint density at radius 2 is 1.79 bits per heavy atom. The van der Waals surface area contributed by atoms with Gasteiger partial charge in [0.1, 0.15) is 22.9 Å². The Bertz CT molecular complexity index is 1160. The number of anilines is 1. The molecule has 0 radical (unpaired) electrons. The van der Waals surface area contributed by atoms with E-state index in [1.165, 1.54) is 12.1 Å². The van der Waals surface area contributed by atoms with Crippen molar-refractivity contribution in [3.05, 3.63) is 89.5 Å². The number of aromatic nitrogens is 1. The molecule has 172 valence electrons. The van der Waals surface area contributed by atoms with Gasteiger partial charge >= 0.3 is 0 Å². The minimum absolute atomic E-state index is 0.162. The van der Waals surface area contributed by atoms with Crippen molar-refractivity contribution in [1.82, 2.24) is 10.3 Å². The molecule has 4 aromatic rings. The second kappa shape index (κ2) is 10.4. The topological polar surface area (TPSA) is 79.5 Å². The van der Waals surface area contributed by atoms with E-state index < -0.39 is 23.8 Å². The van der Waals surface area contributed by atoms with E-state index in [0.717, 1.165) is 17.4 Å². The maximum Gasteiger partial charge on any atom is 0.296 e. The van der Waals surface area contributed by atoms with Gasteiger partial charge in [0, 0.05) is 19.2 Å². The Kier molecular flexibility index (Phi) is 7.16. The second-order valence-corrected chi connectivity index (χ2v) is 7.77. The van der Waals surface area contributed by atoms with Crippen LogP contribution in [0.3, 0.4) is 0 Å². The monoisotopic (exact) mass is 453 g/mol. The van der Waals surface area contributed by atoms with Gasteiger partial charge in [0.15, 0.2) is 5.58 Å². The molecule has 33 heavy (non-hydrogen) atoms. The molecule has 0 bridgehead atoms. The molecule has 4 rings (SSSR count). The summed E-state index contributed by atoms with van der Waals surface area (Å²) < 4.78 is 38.4. The summed E-state index contributed by atoms with van der Waals surface area (Å²) in [6.07, 6.45) is -0.743. The molecule has 0 aliphatic heterocycles. The third kappa shape index (κ3) is 6.06. The van der Waals surface area contributed by atoms with Gasteiger partial charge in [0.2, 0.25) is 0 Å². The zero-order chi connectivity index (χ0) is 23.2. The lowest BCUT2D eigenvalue weighted by molar-refractivity contribution is 0.147. The Morgan fingerprint density at radius 1 is 1.00 bits per heavy atom. The number of fused-ring (bicyclic) bond motifs is 1. The van der Waals surface area contributed by atoms with Crippen molar-refractivity contribution in [1.29, 1.82) is 0 Å². The summed E-state index contributed by atoms with van der Waals surface area (Å²) in [6, 6.07) is 17.8. The first-order chi connectivity index (χ1) is 16.0. The number of nitrogens with zero attached hydrogens (tertiary/aromatic N) is 1. The van der Waals surface area contributed by atoms with Crippen molar-refractivity contribution in [2.24, 2.45) is 0 Å². The molecule has 1 heterocycles. The molecule has 2 atom stereocenters. The number of methoxy groups -OCH3 is 1. The summed E-state index contributed by atoms with van der Waals surface area (Å²) in [6.45, 7) is 0.741. The highest BCUT2D eigenvalue weighted by Crippen LogP contribution is 2.21. The lowest BCUT2D eigenvalue weighted by Gasteiger charge is -2.24. The summed E-state index contributed by atoms with van der Waals surface area (Å²) in [5, 5.41) is 17.2. The van der Waals surface area contributed by atoms with Crippen molar-refractivity contribution in [2.45, 2.75) is 25.1 Å². The van der Waals surface area contributed by atoms with Crippen LogP contribution in [-0.2, 0) is 13.0 Å². The number of aliphatic hydroxyl groups excluding tert-OH is 1. The number of aliphatic hydroxyl groups is 1. The molecule has 0 aliphatic carbocycles. The number of benzene rings is 3. The minimum Gasteiger partial charge on any atom is -0.497 e. The summed E-state index contributed by atoms with van der Waals surface area (Å²) in [4.78, 5) is 4.39. The first-order valence-corrected chi connectivity index (χ1v) is 10.6. The van der Waals surface area contributed by atoms with Crippen LogP contribution in [0.2, 0.25) is 0 Å². The molecule has 0 amide bonds. The van der Waals surface area contributed by atoms with E-state index in [-0.39, 0.29) is 19.0 Å². The smallest absolute Gasteiger partial charge is 0.296 e. The van der Waals surface area contributed by atoms with Crippen LogP contribution >= 0.6 is 0 Å². The molecule has 0 spiro atoms. The number of ether oxygens (including phenoxy) is 1. The number of oxazole rings is 1. The average molecular weight is 453 g/mol. The van der Waals surface area contributed by atoms with E-state index in [1.54, 1.807) is 13.2 Å². The van der Waals surface area contributed by atoms with Gasteiger partial charge in [-0.15, -0.1) is 0 Å². The molecule has 2 unspecified atom stereocenters. The van der Waals surface area contributed by atoms with Gasteiger partial charge in [-0.1, -0.05) is 24.3 Å². The Hall–Kier alpha value is -3.49. The molecule has 3 N–H and O–H groups in total. The first-order valence-electron chi connectivity index (χ1n) is 10.6. The van der Waals surface area contributed by atoms with Crippen molar-refractivity contribution >= 4 is 17.1 Å². The van der Waals surface area contributed by atoms with E-state index in [0.29, 0.717) is 23.2 Å². The van der Waals surface area contributed by atoms with Crippen LogP contribution in [0.5, 0.6) is 5.75 Å². The summed E-state index contributed by atoms with van der Waals surface area (Å²) in [5.74, 6) is -0.592. The largest absolute Gasteiger partial charge is 0.497 e. The van der Waals surface area contributed by atoms with Gasteiger partial charge in [0.25, 0.3) is 6.01 Å². The van der Waals surface area contributed by atoms with Crippen LogP contribution in [0.15, 0.2) is 71.1 Å². The predicted octanol–water partition coefficient (Wildman–Crippen LogP) is 4.29. The molecule has 8 heteroatoms. The number of para-hydroxylation sites is 2. The fourth-order valence-corrected chi connectivity index (χ4v) is 3.65. The maximum atomic E-state index is 13.7. The Balaban J connectivity index is 1.47. The van der Waals surface area contributed by atoms with Crippen LogP contribution in [0, 0.1) is 11.6 Å². The zero-order valence-corrected chi connectivity index (χ0v) is 18.1. The molecular weight excluding hydrogens is 428 g/mol. The van der Waals surface area contributed by atoms with E-state index in [2.05, 4.69) is 15.6 Å². The van der Waals surface area contributed by atoms with E-state index in [9.17, 15) is 13.9 Å². The molecule has 6 nitrogen and oxygen atoms in total. The molecule has 3 aromatic carbocycles. The average Bonchev–Trinajstić information content (AvgIpc) is 3.20. The molecule has 0 aliphatic rings. The number of hydrogen-bond donors (Lipinski definition) is 3. The quantitative estimate of drug-likeness (QED) is 0.333. The van der Waals surface area contributed by atoms with Gasteiger partial charge in [-0.3, -0.25) is 0 Å². The standard InChI is InChI=1S/C25H25F2N3O3/c1-32-20-6-4-5-16(11-20)14-28-15-23(31)22(12-17-9-18(26)13-19(27)10-17)30-25-29-21-7-2-3-8-24(21)33-25/h2-11,13,22-23,28,31H,12,14-15H2,1H3,(H,29,30). The minimum atomic E-state index is -0.906. The van der Waals surface area contributed by atoms with Crippen LogP contribution < -0.4 is 15.4 Å². The SMILES string of the molecule is COc1cccc(CNCC(O)C(Cc2cc(F)cc(F)c2)Nc2nc3ccccc3o2)c1. The highest BCUT2D eigenvalue weighted by molar-refractivity contribution is 5.74. The lowest BCUT2D eigenvalue weighted by Crippen LogP contribution is -2.42. The number of nitrogens with one attached hydrogen (secondary N) is 2. The highest BCUT2D eigenvalue weighted by atomic mass is 19.1. The van der Waals surface area contributed by atoms with E-state index in [4.69, 9.17) is 9.15 Å². The fourth-order valence-electron chi connectivity index (χ4n) is 3.65. The third-order valence-corrected chi connectivity index (χ3v) is 5.26. The summed E-state index contributed by atoms with van der Waals surface area (Å²) in [5.41, 5.74) is 2.67. The zero-order valence-electron chi connectivity index (χ0n) is 18.1. The Labute approximate surface area is 190 Å². The van der Waals surface area contributed by atoms with E-state index in [1.807, 2.05) is 42.5 Å². The lowest BCUT2D eigenvalue weighted by atomic mass is 10.0. The molecule has 0 saturated carbocycles. The Morgan fingerprint density at radius 3 is 2.55 bits per heavy atom. The van der Waals surface area contributed by atoms with Gasteiger partial charge in [-0.25, -0.2) is 8.78 Å². The summed E-state index contributed by atoms with van der Waals surface area (Å²) in [7, 11) is 1.61. The normalized spacial score (nSPS) is 13.1. The highest BCUT2D eigenvalue weighted by Gasteiger charge is 2.22. The van der Waals surface area contributed by atoms with Crippen LogP contribution in [-0.4, -0.2) is 35.9 Å². The van der Waals surface area contributed by atoms with Gasteiger partial charge in [0.05, 0.1) is 19.3 Å². The third-order valence-electron chi connectivity index (χ3n) is 5.26. The van der Waals surface area contributed by atoms with Crippen LogP contribution in [0.25, 0.3) is 11.1 Å².